The van der Waals surface area contributed by atoms with Gasteiger partial charge in [-0.3, -0.25) is 14.8 Å². The smallest absolute Gasteiger partial charge is 0.269 e. The fourth-order valence-corrected chi connectivity index (χ4v) is 3.36. The number of fused-ring (bicyclic) bond motifs is 1. The Morgan fingerprint density at radius 2 is 1.93 bits per heavy atom. The molecule has 1 amide bonds. The van der Waals surface area contributed by atoms with Crippen molar-refractivity contribution in [2.24, 2.45) is 0 Å². The van der Waals surface area contributed by atoms with Gasteiger partial charge in [0.1, 0.15) is 5.69 Å². The summed E-state index contributed by atoms with van der Waals surface area (Å²) >= 11 is 0. The first kappa shape index (κ1) is 17.7. The van der Waals surface area contributed by atoms with Crippen molar-refractivity contribution >= 4 is 16.7 Å². The predicted molar refractivity (Wildman–Crippen MR) is 106 cm³/mol. The molecule has 0 unspecified atom stereocenters. The Morgan fingerprint density at radius 1 is 1.11 bits per heavy atom. The number of rotatable bonds is 6. The number of aromatic amines is 1. The highest BCUT2D eigenvalue weighted by Crippen LogP contribution is 2.23. The van der Waals surface area contributed by atoms with Gasteiger partial charge in [0.25, 0.3) is 5.91 Å². The van der Waals surface area contributed by atoms with Gasteiger partial charge in [-0.25, -0.2) is 0 Å². The summed E-state index contributed by atoms with van der Waals surface area (Å²) in [6.45, 7) is 5.19. The summed E-state index contributed by atoms with van der Waals surface area (Å²) in [5.74, 6) is -0.114. The highest BCUT2D eigenvalue weighted by atomic mass is 16.5. The Labute approximate surface area is 158 Å². The second kappa shape index (κ2) is 8.33. The molecule has 1 saturated heterocycles. The Morgan fingerprint density at radius 3 is 2.78 bits per heavy atom. The van der Waals surface area contributed by atoms with E-state index in [0.717, 1.165) is 55.9 Å². The fraction of sp³-hybridized carbons (Fsp3) is 0.333. The van der Waals surface area contributed by atoms with Crippen LogP contribution in [0.5, 0.6) is 0 Å². The first-order valence-corrected chi connectivity index (χ1v) is 9.42. The molecule has 0 atom stereocenters. The van der Waals surface area contributed by atoms with E-state index in [0.29, 0.717) is 12.2 Å². The molecular formula is C21H24N4O2. The number of carbonyl (C=O) groups is 1. The molecule has 0 bridgehead atoms. The molecule has 1 fully saturated rings. The van der Waals surface area contributed by atoms with Crippen LogP contribution < -0.4 is 5.32 Å². The number of morpholine rings is 1. The Kier molecular flexibility index (Phi) is 5.46. The summed E-state index contributed by atoms with van der Waals surface area (Å²) < 4.78 is 5.34. The molecule has 3 aromatic rings. The third kappa shape index (κ3) is 4.35. The van der Waals surface area contributed by atoms with E-state index in [1.54, 1.807) is 6.07 Å². The van der Waals surface area contributed by atoms with E-state index in [2.05, 4.69) is 44.7 Å². The minimum atomic E-state index is -0.114. The van der Waals surface area contributed by atoms with E-state index >= 15 is 0 Å². The number of aromatic nitrogens is 2. The summed E-state index contributed by atoms with van der Waals surface area (Å²) in [5, 5.41) is 12.5. The quantitative estimate of drug-likeness (QED) is 0.660. The zero-order valence-corrected chi connectivity index (χ0v) is 15.3. The molecule has 1 aliphatic rings. The van der Waals surface area contributed by atoms with E-state index in [4.69, 9.17) is 4.74 Å². The Hall–Kier alpha value is -2.70. The Bertz CT molecular complexity index is 915. The van der Waals surface area contributed by atoms with Gasteiger partial charge in [-0.1, -0.05) is 36.4 Å². The molecule has 1 aliphatic heterocycles. The molecule has 27 heavy (non-hydrogen) atoms. The summed E-state index contributed by atoms with van der Waals surface area (Å²) in [6.07, 6.45) is 0.928. The lowest BCUT2D eigenvalue weighted by molar-refractivity contribution is 0.0374. The van der Waals surface area contributed by atoms with Crippen molar-refractivity contribution in [1.29, 1.82) is 0 Å². The standard InChI is InChI=1S/C21H24N4O2/c26-21(22-8-3-9-25-10-12-27-13-11-25)20-15-19(23-24-20)18-7-6-16-4-1-2-5-17(16)14-18/h1-2,4-7,14-15H,3,8-13H2,(H,22,26)(H,23,24). The number of H-pyrrole nitrogens is 1. The fourth-order valence-electron chi connectivity index (χ4n) is 3.36. The second-order valence-electron chi connectivity index (χ2n) is 6.79. The molecule has 2 N–H and O–H groups in total. The predicted octanol–water partition coefficient (Wildman–Crippen LogP) is 2.68. The number of carbonyl (C=O) groups excluding carboxylic acids is 1. The van der Waals surface area contributed by atoms with Crippen LogP contribution >= 0.6 is 0 Å². The average molecular weight is 364 g/mol. The monoisotopic (exact) mass is 364 g/mol. The van der Waals surface area contributed by atoms with Gasteiger partial charge >= 0.3 is 0 Å². The second-order valence-corrected chi connectivity index (χ2v) is 6.79. The molecule has 1 aromatic heterocycles. The van der Waals surface area contributed by atoms with Crippen molar-refractivity contribution in [2.75, 3.05) is 39.4 Å². The molecule has 0 saturated carbocycles. The molecular weight excluding hydrogens is 340 g/mol. The maximum atomic E-state index is 12.3. The number of amides is 1. The lowest BCUT2D eigenvalue weighted by Gasteiger charge is -2.26. The third-order valence-corrected chi connectivity index (χ3v) is 4.91. The summed E-state index contributed by atoms with van der Waals surface area (Å²) in [7, 11) is 0. The molecule has 4 rings (SSSR count). The highest BCUT2D eigenvalue weighted by molar-refractivity contribution is 5.94. The van der Waals surface area contributed by atoms with Crippen molar-refractivity contribution in [3.05, 3.63) is 54.2 Å². The highest BCUT2D eigenvalue weighted by Gasteiger charge is 2.12. The molecule has 2 aromatic carbocycles. The van der Waals surface area contributed by atoms with Gasteiger partial charge in [-0.15, -0.1) is 0 Å². The number of nitrogens with zero attached hydrogens (tertiary/aromatic N) is 2. The van der Waals surface area contributed by atoms with Crippen molar-refractivity contribution in [2.45, 2.75) is 6.42 Å². The number of nitrogens with one attached hydrogen (secondary N) is 2. The van der Waals surface area contributed by atoms with Crippen LogP contribution in [0.15, 0.2) is 48.5 Å². The summed E-state index contributed by atoms with van der Waals surface area (Å²) in [6, 6.07) is 16.2. The molecule has 6 nitrogen and oxygen atoms in total. The normalized spacial score (nSPS) is 15.1. The van der Waals surface area contributed by atoms with Crippen LogP contribution in [0.4, 0.5) is 0 Å². The van der Waals surface area contributed by atoms with Crippen LogP contribution in [0.3, 0.4) is 0 Å². The lowest BCUT2D eigenvalue weighted by Crippen LogP contribution is -2.38. The number of hydrogen-bond donors (Lipinski definition) is 2. The van der Waals surface area contributed by atoms with Crippen LogP contribution in [0.1, 0.15) is 16.9 Å². The van der Waals surface area contributed by atoms with Gasteiger partial charge < -0.3 is 10.1 Å². The molecule has 2 heterocycles. The molecule has 0 radical (unpaired) electrons. The van der Waals surface area contributed by atoms with Crippen LogP contribution in [-0.2, 0) is 4.74 Å². The van der Waals surface area contributed by atoms with Crippen molar-refractivity contribution < 1.29 is 9.53 Å². The van der Waals surface area contributed by atoms with Gasteiger partial charge in [0.2, 0.25) is 0 Å². The topological polar surface area (TPSA) is 70.2 Å². The first-order valence-electron chi connectivity index (χ1n) is 9.42. The lowest BCUT2D eigenvalue weighted by atomic mass is 10.1. The minimum Gasteiger partial charge on any atom is -0.379 e. The molecule has 0 spiro atoms. The average Bonchev–Trinajstić information content (AvgIpc) is 3.22. The maximum absolute atomic E-state index is 12.3. The summed E-state index contributed by atoms with van der Waals surface area (Å²) in [5.41, 5.74) is 2.26. The van der Waals surface area contributed by atoms with E-state index < -0.39 is 0 Å². The van der Waals surface area contributed by atoms with Crippen molar-refractivity contribution in [1.82, 2.24) is 20.4 Å². The van der Waals surface area contributed by atoms with Crippen LogP contribution in [0.2, 0.25) is 0 Å². The zero-order valence-electron chi connectivity index (χ0n) is 15.3. The molecule has 0 aliphatic carbocycles. The number of ether oxygens (including phenoxy) is 1. The SMILES string of the molecule is O=C(NCCCN1CCOCC1)c1cc(-c2ccc3ccccc3c2)n[nH]1. The van der Waals surface area contributed by atoms with Gasteiger partial charge in [0.15, 0.2) is 0 Å². The zero-order chi connectivity index (χ0) is 18.5. The summed E-state index contributed by atoms with van der Waals surface area (Å²) in [4.78, 5) is 14.7. The van der Waals surface area contributed by atoms with Crippen molar-refractivity contribution in [3.63, 3.8) is 0 Å². The van der Waals surface area contributed by atoms with Crippen molar-refractivity contribution in [3.8, 4) is 11.3 Å². The van der Waals surface area contributed by atoms with E-state index in [1.165, 1.54) is 5.39 Å². The number of benzene rings is 2. The van der Waals surface area contributed by atoms with Crippen LogP contribution in [0, 0.1) is 0 Å². The third-order valence-electron chi connectivity index (χ3n) is 4.91. The largest absolute Gasteiger partial charge is 0.379 e. The van der Waals surface area contributed by atoms with E-state index in [9.17, 15) is 4.79 Å². The van der Waals surface area contributed by atoms with E-state index in [1.807, 2.05) is 18.2 Å². The van der Waals surface area contributed by atoms with Gasteiger partial charge in [-0.05, 0) is 35.9 Å². The van der Waals surface area contributed by atoms with Crippen LogP contribution in [0.25, 0.3) is 22.0 Å². The first-order chi connectivity index (χ1) is 13.3. The van der Waals surface area contributed by atoms with Crippen LogP contribution in [-0.4, -0.2) is 60.4 Å². The van der Waals surface area contributed by atoms with E-state index in [-0.39, 0.29) is 5.91 Å². The maximum Gasteiger partial charge on any atom is 0.269 e. The van der Waals surface area contributed by atoms with Gasteiger partial charge in [0.05, 0.1) is 18.9 Å². The van der Waals surface area contributed by atoms with Gasteiger partial charge in [0, 0.05) is 25.2 Å². The number of hydrogen-bond acceptors (Lipinski definition) is 4. The Balaban J connectivity index is 1.33. The molecule has 140 valence electrons. The molecule has 6 heteroatoms. The van der Waals surface area contributed by atoms with Gasteiger partial charge in [-0.2, -0.15) is 5.10 Å². The minimum absolute atomic E-state index is 0.114.